The minimum Gasteiger partial charge on any atom is -0.467 e. The number of carbonyl (C=O) groups excluding carboxylic acids is 1. The van der Waals surface area contributed by atoms with Gasteiger partial charge in [0.2, 0.25) is 10.0 Å². The van der Waals surface area contributed by atoms with Crippen LogP contribution in [0.2, 0.25) is 0 Å². The zero-order valence-corrected chi connectivity index (χ0v) is 15.9. The lowest BCUT2D eigenvalue weighted by atomic mass is 10.2. The highest BCUT2D eigenvalue weighted by atomic mass is 32.2. The van der Waals surface area contributed by atoms with Crippen LogP contribution in [-0.4, -0.2) is 42.7 Å². The Bertz CT molecular complexity index is 853. The maximum atomic E-state index is 13.0. The van der Waals surface area contributed by atoms with Crippen LogP contribution in [0.25, 0.3) is 0 Å². The van der Waals surface area contributed by atoms with E-state index in [1.165, 1.54) is 10.4 Å². The van der Waals surface area contributed by atoms with Gasteiger partial charge in [0.15, 0.2) is 0 Å². The van der Waals surface area contributed by atoms with E-state index < -0.39 is 10.0 Å². The van der Waals surface area contributed by atoms with E-state index in [0.29, 0.717) is 25.2 Å². The molecule has 26 heavy (non-hydrogen) atoms. The van der Waals surface area contributed by atoms with Crippen molar-refractivity contribution in [3.05, 3.63) is 54.0 Å². The molecular weight excluding hydrogens is 352 g/mol. The van der Waals surface area contributed by atoms with Crippen molar-refractivity contribution in [1.82, 2.24) is 9.21 Å². The van der Waals surface area contributed by atoms with Crippen LogP contribution in [0.1, 0.15) is 42.8 Å². The molecule has 1 saturated carbocycles. The lowest BCUT2D eigenvalue weighted by Gasteiger charge is -2.22. The van der Waals surface area contributed by atoms with Gasteiger partial charge in [0.1, 0.15) is 5.76 Å². The van der Waals surface area contributed by atoms with Crippen molar-refractivity contribution < 1.29 is 17.6 Å². The summed E-state index contributed by atoms with van der Waals surface area (Å²) in [4.78, 5) is 14.9. The van der Waals surface area contributed by atoms with Gasteiger partial charge in [0.05, 0.1) is 17.7 Å². The zero-order chi connectivity index (χ0) is 18.7. The number of furan rings is 1. The van der Waals surface area contributed by atoms with Crippen LogP contribution in [0.5, 0.6) is 0 Å². The van der Waals surface area contributed by atoms with Crippen molar-refractivity contribution in [2.24, 2.45) is 0 Å². The quantitative estimate of drug-likeness (QED) is 0.710. The normalized spacial score (nSPS) is 14.6. The third-order valence-corrected chi connectivity index (χ3v) is 6.62. The minimum absolute atomic E-state index is 0.154. The molecule has 1 aromatic carbocycles. The van der Waals surface area contributed by atoms with Crippen molar-refractivity contribution >= 4 is 15.9 Å². The summed E-state index contributed by atoms with van der Waals surface area (Å²) < 4.78 is 32.2. The van der Waals surface area contributed by atoms with Gasteiger partial charge in [0, 0.05) is 24.7 Å². The summed E-state index contributed by atoms with van der Waals surface area (Å²) in [5.41, 5.74) is 0.386. The van der Waals surface area contributed by atoms with Gasteiger partial charge >= 0.3 is 0 Å². The fraction of sp³-hybridized carbons (Fsp3) is 0.421. The molecule has 0 saturated heterocycles. The predicted octanol–water partition coefficient (Wildman–Crippen LogP) is 3.11. The van der Waals surface area contributed by atoms with E-state index >= 15 is 0 Å². The van der Waals surface area contributed by atoms with Gasteiger partial charge in [-0.2, -0.15) is 4.31 Å². The summed E-state index contributed by atoms with van der Waals surface area (Å²) in [6.07, 6.45) is 3.51. The van der Waals surface area contributed by atoms with Crippen LogP contribution in [0, 0.1) is 0 Å². The number of carbonyl (C=O) groups is 1. The first-order valence-corrected chi connectivity index (χ1v) is 10.3. The molecule has 7 heteroatoms. The van der Waals surface area contributed by atoms with Crippen LogP contribution in [0.3, 0.4) is 0 Å². The molecule has 1 aliphatic rings. The van der Waals surface area contributed by atoms with E-state index in [0.717, 1.165) is 18.6 Å². The molecule has 0 aliphatic heterocycles. The Balaban J connectivity index is 1.87. The Morgan fingerprint density at radius 1 is 1.15 bits per heavy atom. The van der Waals surface area contributed by atoms with Crippen molar-refractivity contribution in [2.45, 2.75) is 44.2 Å². The molecule has 1 aromatic heterocycles. The molecular formula is C19H24N2O4S. The van der Waals surface area contributed by atoms with E-state index in [9.17, 15) is 13.2 Å². The van der Waals surface area contributed by atoms with Gasteiger partial charge in [0.25, 0.3) is 5.91 Å². The number of amides is 1. The summed E-state index contributed by atoms with van der Waals surface area (Å²) in [6, 6.07) is 10.1. The number of sulfonamides is 1. The lowest BCUT2D eigenvalue weighted by molar-refractivity contribution is 0.0717. The highest BCUT2D eigenvalue weighted by Gasteiger charge is 2.34. The van der Waals surface area contributed by atoms with Gasteiger partial charge in [-0.25, -0.2) is 8.42 Å². The molecule has 6 nitrogen and oxygen atoms in total. The topological polar surface area (TPSA) is 70.8 Å². The van der Waals surface area contributed by atoms with Gasteiger partial charge in [-0.3, -0.25) is 4.79 Å². The number of hydrogen-bond donors (Lipinski definition) is 0. The SMILES string of the molecule is CCN(CC)S(=O)(=O)c1cccc(C(=O)N(Cc2ccco2)C2CC2)c1. The average Bonchev–Trinajstić information content (AvgIpc) is 3.36. The molecule has 3 rings (SSSR count). The highest BCUT2D eigenvalue weighted by molar-refractivity contribution is 7.89. The monoisotopic (exact) mass is 376 g/mol. The highest BCUT2D eigenvalue weighted by Crippen LogP contribution is 2.30. The summed E-state index contributed by atoms with van der Waals surface area (Å²) >= 11 is 0. The Labute approximate surface area is 154 Å². The third-order valence-electron chi connectivity index (χ3n) is 4.58. The second kappa shape index (κ2) is 7.63. The Hall–Kier alpha value is -2.12. The second-order valence-corrected chi connectivity index (χ2v) is 8.30. The summed E-state index contributed by atoms with van der Waals surface area (Å²) in [6.45, 7) is 4.78. The fourth-order valence-electron chi connectivity index (χ4n) is 2.99. The molecule has 1 fully saturated rings. The van der Waals surface area contributed by atoms with E-state index in [4.69, 9.17) is 4.42 Å². The lowest BCUT2D eigenvalue weighted by Crippen LogP contribution is -2.33. The average molecular weight is 376 g/mol. The van der Waals surface area contributed by atoms with Crippen LogP contribution in [-0.2, 0) is 16.6 Å². The molecule has 1 heterocycles. The second-order valence-electron chi connectivity index (χ2n) is 6.36. The molecule has 0 radical (unpaired) electrons. The molecule has 2 aromatic rings. The Kier molecular flexibility index (Phi) is 5.48. The fourth-order valence-corrected chi connectivity index (χ4v) is 4.50. The molecule has 0 N–H and O–H groups in total. The van der Waals surface area contributed by atoms with E-state index in [1.807, 2.05) is 6.07 Å². The van der Waals surface area contributed by atoms with Crippen LogP contribution < -0.4 is 0 Å². The van der Waals surface area contributed by atoms with Gasteiger partial charge in [-0.05, 0) is 43.2 Å². The first-order valence-electron chi connectivity index (χ1n) is 8.91. The Morgan fingerprint density at radius 3 is 2.46 bits per heavy atom. The van der Waals surface area contributed by atoms with Crippen molar-refractivity contribution in [1.29, 1.82) is 0 Å². The molecule has 1 aliphatic carbocycles. The van der Waals surface area contributed by atoms with Crippen molar-refractivity contribution in [3.63, 3.8) is 0 Å². The maximum absolute atomic E-state index is 13.0. The number of hydrogen-bond acceptors (Lipinski definition) is 4. The van der Waals surface area contributed by atoms with Crippen molar-refractivity contribution in [2.75, 3.05) is 13.1 Å². The van der Waals surface area contributed by atoms with Crippen LogP contribution in [0.4, 0.5) is 0 Å². The van der Waals surface area contributed by atoms with Crippen molar-refractivity contribution in [3.8, 4) is 0 Å². The summed E-state index contributed by atoms with van der Waals surface area (Å²) in [5.74, 6) is 0.553. The minimum atomic E-state index is -3.59. The first-order chi connectivity index (χ1) is 12.5. The van der Waals surface area contributed by atoms with Gasteiger partial charge in [-0.1, -0.05) is 19.9 Å². The zero-order valence-electron chi connectivity index (χ0n) is 15.1. The number of rotatable bonds is 8. The van der Waals surface area contributed by atoms with Crippen LogP contribution in [0.15, 0.2) is 52.0 Å². The molecule has 0 unspecified atom stereocenters. The smallest absolute Gasteiger partial charge is 0.254 e. The molecule has 140 valence electrons. The maximum Gasteiger partial charge on any atom is 0.254 e. The number of nitrogens with zero attached hydrogens (tertiary/aromatic N) is 2. The molecule has 0 bridgehead atoms. The van der Waals surface area contributed by atoms with E-state index in [-0.39, 0.29) is 16.8 Å². The first kappa shape index (κ1) is 18.7. The van der Waals surface area contributed by atoms with Crippen LogP contribution >= 0.6 is 0 Å². The third kappa shape index (κ3) is 3.83. The molecule has 0 atom stereocenters. The predicted molar refractivity (Wildman–Crippen MR) is 98.2 cm³/mol. The standard InChI is InChI=1S/C19H24N2O4S/c1-3-20(4-2)26(23,24)18-9-5-7-15(13-18)19(22)21(16-10-11-16)14-17-8-6-12-25-17/h5-9,12-13,16H,3-4,10-11,14H2,1-2H3. The summed E-state index contributed by atoms with van der Waals surface area (Å²) in [5, 5.41) is 0. The van der Waals surface area contributed by atoms with E-state index in [2.05, 4.69) is 0 Å². The van der Waals surface area contributed by atoms with E-state index in [1.54, 1.807) is 49.3 Å². The van der Waals surface area contributed by atoms with Gasteiger partial charge < -0.3 is 9.32 Å². The number of benzene rings is 1. The largest absolute Gasteiger partial charge is 0.467 e. The molecule has 1 amide bonds. The molecule has 0 spiro atoms. The summed E-state index contributed by atoms with van der Waals surface area (Å²) in [7, 11) is -3.59. The van der Waals surface area contributed by atoms with Gasteiger partial charge in [-0.15, -0.1) is 0 Å². The Morgan fingerprint density at radius 2 is 1.88 bits per heavy atom.